The summed E-state index contributed by atoms with van der Waals surface area (Å²) in [5.41, 5.74) is 20.8. The monoisotopic (exact) mass is 776 g/mol. The van der Waals surface area contributed by atoms with E-state index < -0.39 is 0 Å². The van der Waals surface area contributed by atoms with Crippen LogP contribution in [0.3, 0.4) is 0 Å². The minimum atomic E-state index is -0.0101. The van der Waals surface area contributed by atoms with Gasteiger partial charge >= 0.3 is 0 Å². The Labute approximate surface area is 351 Å². The molecule has 0 spiro atoms. The first-order valence-electron chi connectivity index (χ1n) is 21.1. The van der Waals surface area contributed by atoms with Gasteiger partial charge < -0.3 is 9.80 Å². The van der Waals surface area contributed by atoms with Crippen molar-refractivity contribution in [3.05, 3.63) is 148 Å². The predicted molar refractivity (Wildman–Crippen MR) is 256 cm³/mol. The van der Waals surface area contributed by atoms with E-state index >= 15 is 0 Å². The first kappa shape index (κ1) is 38.5. The van der Waals surface area contributed by atoms with E-state index in [0.29, 0.717) is 5.92 Å². The van der Waals surface area contributed by atoms with E-state index in [1.807, 2.05) is 11.3 Å². The standard InChI is InChI=1S/C54H57BN2S/c1-33(2)35-13-21-46-43(30-35)55-44-32-40(54(10,11)12)18-23-47(44)57(45-22-17-39(53(7,8)9)31-42(45)36-14-24-50-37(29-36)25-26-58-50)49-28-34(3)27-48(51(49)55)56(46)41-19-15-38(16-20-41)52(4,5)6/h13-33H,1-12H3. The summed E-state index contributed by atoms with van der Waals surface area (Å²) in [6.07, 6.45) is 0. The third-order valence-electron chi connectivity index (χ3n) is 12.6. The van der Waals surface area contributed by atoms with E-state index in [4.69, 9.17) is 0 Å². The summed E-state index contributed by atoms with van der Waals surface area (Å²) in [6, 6.07) is 45.4. The molecule has 6 aromatic carbocycles. The molecule has 0 saturated heterocycles. The number of nitrogens with zero attached hydrogens (tertiary/aromatic N) is 2. The molecule has 0 amide bonds. The summed E-state index contributed by atoms with van der Waals surface area (Å²) < 4.78 is 1.32. The molecule has 58 heavy (non-hydrogen) atoms. The van der Waals surface area contributed by atoms with Crippen LogP contribution in [-0.2, 0) is 16.2 Å². The first-order chi connectivity index (χ1) is 27.4. The highest BCUT2D eigenvalue weighted by molar-refractivity contribution is 7.17. The Balaban J connectivity index is 1.38. The number of hydrogen-bond donors (Lipinski definition) is 0. The Kier molecular flexibility index (Phi) is 8.95. The molecule has 0 unspecified atom stereocenters. The largest absolute Gasteiger partial charge is 0.311 e. The van der Waals surface area contributed by atoms with E-state index in [-0.39, 0.29) is 23.0 Å². The molecule has 0 radical (unpaired) electrons. The molecule has 9 rings (SSSR count). The van der Waals surface area contributed by atoms with Crippen molar-refractivity contribution in [1.82, 2.24) is 0 Å². The fraction of sp³-hybridized carbons (Fsp3) is 0.296. The Hall–Kier alpha value is -5.06. The maximum absolute atomic E-state index is 2.61. The number of hydrogen-bond acceptors (Lipinski definition) is 3. The van der Waals surface area contributed by atoms with Crippen molar-refractivity contribution in [3.63, 3.8) is 0 Å². The summed E-state index contributed by atoms with van der Waals surface area (Å²) in [4.78, 5) is 5.17. The van der Waals surface area contributed by atoms with E-state index in [9.17, 15) is 0 Å². The lowest BCUT2D eigenvalue weighted by Crippen LogP contribution is -2.61. The minimum absolute atomic E-state index is 0.00432. The maximum Gasteiger partial charge on any atom is 0.252 e. The lowest BCUT2D eigenvalue weighted by atomic mass is 9.33. The molecule has 2 nitrogen and oxygen atoms in total. The summed E-state index contributed by atoms with van der Waals surface area (Å²) in [6.45, 7) is 27.9. The topological polar surface area (TPSA) is 6.48 Å². The summed E-state index contributed by atoms with van der Waals surface area (Å²) in [5.74, 6) is 0.411. The zero-order chi connectivity index (χ0) is 41.1. The fourth-order valence-electron chi connectivity index (χ4n) is 9.20. The van der Waals surface area contributed by atoms with Crippen LogP contribution in [0.4, 0.5) is 34.1 Å². The molecule has 0 saturated carbocycles. The number of thiophene rings is 1. The highest BCUT2D eigenvalue weighted by Crippen LogP contribution is 2.48. The molecule has 2 aliphatic rings. The summed E-state index contributed by atoms with van der Waals surface area (Å²) in [5, 5.41) is 3.50. The molecule has 2 aliphatic heterocycles. The van der Waals surface area contributed by atoms with Crippen molar-refractivity contribution in [2.24, 2.45) is 0 Å². The second-order valence-electron chi connectivity index (χ2n) is 20.3. The van der Waals surface area contributed by atoms with Gasteiger partial charge in [0, 0.05) is 38.7 Å². The van der Waals surface area contributed by atoms with Crippen LogP contribution >= 0.6 is 11.3 Å². The van der Waals surface area contributed by atoms with Gasteiger partial charge in [0.1, 0.15) is 0 Å². The normalized spacial score (nSPS) is 13.9. The van der Waals surface area contributed by atoms with E-state index in [0.717, 1.165) is 0 Å². The average molecular weight is 777 g/mol. The molecule has 1 aromatic heterocycles. The van der Waals surface area contributed by atoms with Gasteiger partial charge in [-0.1, -0.05) is 125 Å². The third kappa shape index (κ3) is 6.40. The van der Waals surface area contributed by atoms with E-state index in [2.05, 4.69) is 214 Å². The van der Waals surface area contributed by atoms with Crippen molar-refractivity contribution in [2.75, 3.05) is 9.80 Å². The van der Waals surface area contributed by atoms with Crippen LogP contribution in [0.5, 0.6) is 0 Å². The second kappa shape index (κ2) is 13.5. The Bertz CT molecular complexity index is 2730. The van der Waals surface area contributed by atoms with Gasteiger partial charge in [-0.3, -0.25) is 0 Å². The summed E-state index contributed by atoms with van der Waals surface area (Å²) >= 11 is 1.81. The number of rotatable bonds is 4. The van der Waals surface area contributed by atoms with Crippen molar-refractivity contribution in [2.45, 2.75) is 105 Å². The first-order valence-corrected chi connectivity index (χ1v) is 22.0. The van der Waals surface area contributed by atoms with Gasteiger partial charge in [0.15, 0.2) is 0 Å². The molecule has 3 heterocycles. The molecular formula is C54H57BN2S. The summed E-state index contributed by atoms with van der Waals surface area (Å²) in [7, 11) is 0. The second-order valence-corrected chi connectivity index (χ2v) is 21.2. The van der Waals surface area contributed by atoms with Crippen LogP contribution in [0.15, 0.2) is 121 Å². The maximum atomic E-state index is 2.61. The average Bonchev–Trinajstić information content (AvgIpc) is 3.64. The molecule has 0 atom stereocenters. The van der Waals surface area contributed by atoms with Gasteiger partial charge in [-0.15, -0.1) is 11.3 Å². The third-order valence-corrected chi connectivity index (χ3v) is 13.5. The van der Waals surface area contributed by atoms with Gasteiger partial charge in [-0.05, 0) is 156 Å². The lowest BCUT2D eigenvalue weighted by molar-refractivity contribution is 0.590. The van der Waals surface area contributed by atoms with Crippen LogP contribution in [-0.4, -0.2) is 6.71 Å². The van der Waals surface area contributed by atoms with Gasteiger partial charge in [-0.2, -0.15) is 0 Å². The fourth-order valence-corrected chi connectivity index (χ4v) is 9.97. The van der Waals surface area contributed by atoms with Gasteiger partial charge in [0.05, 0.1) is 5.69 Å². The quantitative estimate of drug-likeness (QED) is 0.164. The van der Waals surface area contributed by atoms with E-state index in [1.165, 1.54) is 99.5 Å². The Morgan fingerprint density at radius 2 is 1.09 bits per heavy atom. The SMILES string of the molecule is Cc1cc2c3c(c1)N(c1ccc(C(C)(C)C)cc1-c1ccc4sccc4c1)c1ccc(C(C)(C)C)cc1B3c1cc(C(C)C)ccc1N2c1ccc(C(C)(C)C)cc1. The molecule has 0 bridgehead atoms. The minimum Gasteiger partial charge on any atom is -0.311 e. The van der Waals surface area contributed by atoms with Crippen LogP contribution in [0.1, 0.15) is 110 Å². The molecule has 0 N–H and O–H groups in total. The number of anilines is 6. The zero-order valence-corrected chi connectivity index (χ0v) is 37.3. The zero-order valence-electron chi connectivity index (χ0n) is 36.5. The highest BCUT2D eigenvalue weighted by Gasteiger charge is 2.44. The Morgan fingerprint density at radius 3 is 1.74 bits per heavy atom. The molecular weight excluding hydrogens is 719 g/mol. The number of fused-ring (bicyclic) bond motifs is 5. The molecule has 292 valence electrons. The molecule has 4 heteroatoms. The highest BCUT2D eigenvalue weighted by atomic mass is 32.1. The van der Waals surface area contributed by atoms with Crippen molar-refractivity contribution in [3.8, 4) is 11.1 Å². The van der Waals surface area contributed by atoms with Crippen molar-refractivity contribution < 1.29 is 0 Å². The van der Waals surface area contributed by atoms with Crippen LogP contribution < -0.4 is 26.2 Å². The van der Waals surface area contributed by atoms with Gasteiger partial charge in [0.25, 0.3) is 6.71 Å². The molecule has 7 aromatic rings. The lowest BCUT2D eigenvalue weighted by Gasteiger charge is -2.45. The molecule has 0 aliphatic carbocycles. The Morgan fingerprint density at radius 1 is 0.517 bits per heavy atom. The smallest absolute Gasteiger partial charge is 0.252 e. The van der Waals surface area contributed by atoms with Gasteiger partial charge in [0.2, 0.25) is 0 Å². The van der Waals surface area contributed by atoms with Crippen LogP contribution in [0.2, 0.25) is 0 Å². The number of benzene rings is 6. The van der Waals surface area contributed by atoms with Gasteiger partial charge in [-0.25, -0.2) is 0 Å². The number of aryl methyl sites for hydroxylation is 1. The van der Waals surface area contributed by atoms with Crippen LogP contribution in [0.25, 0.3) is 21.2 Å². The predicted octanol–water partition coefficient (Wildman–Crippen LogP) is 14.0. The van der Waals surface area contributed by atoms with Crippen LogP contribution in [0, 0.1) is 6.92 Å². The molecule has 0 fully saturated rings. The van der Waals surface area contributed by atoms with Crippen molar-refractivity contribution >= 4 is 78.6 Å². The van der Waals surface area contributed by atoms with Crippen molar-refractivity contribution in [1.29, 1.82) is 0 Å². The van der Waals surface area contributed by atoms with E-state index in [1.54, 1.807) is 0 Å².